The van der Waals surface area contributed by atoms with Crippen LogP contribution < -0.4 is 16.1 Å². The second kappa shape index (κ2) is 4.87. The summed E-state index contributed by atoms with van der Waals surface area (Å²) in [5.41, 5.74) is 0.596. The zero-order valence-electron chi connectivity index (χ0n) is 11.7. The van der Waals surface area contributed by atoms with E-state index < -0.39 is 0 Å². The quantitative estimate of drug-likeness (QED) is 0.807. The number of pyridine rings is 1. The van der Waals surface area contributed by atoms with Crippen LogP contribution in [0.2, 0.25) is 0 Å². The topological polar surface area (TPSA) is 60.1 Å². The van der Waals surface area contributed by atoms with Gasteiger partial charge in [0, 0.05) is 33.4 Å². The molecule has 0 spiro atoms. The van der Waals surface area contributed by atoms with E-state index in [1.54, 1.807) is 13.2 Å². The minimum atomic E-state index is -0.360. The minimum absolute atomic E-state index is 0.298. The van der Waals surface area contributed by atoms with Crippen molar-refractivity contribution in [2.24, 2.45) is 14.1 Å². The second-order valence-corrected chi connectivity index (χ2v) is 4.41. The van der Waals surface area contributed by atoms with Crippen LogP contribution in [-0.2, 0) is 14.1 Å². The number of hydrogen-bond donors (Lipinski definition) is 0. The molecule has 0 atom stereocenters. The molecular weight excluding hydrogens is 244 g/mol. The molecule has 6 nitrogen and oxygen atoms in total. The summed E-state index contributed by atoms with van der Waals surface area (Å²) in [6.45, 7) is 5.65. The minimum Gasteiger partial charge on any atom is -0.371 e. The first-order chi connectivity index (χ1) is 9.02. The van der Waals surface area contributed by atoms with E-state index in [1.807, 2.05) is 19.9 Å². The Hall–Kier alpha value is -2.11. The Labute approximate surface area is 110 Å². The Bertz CT molecular complexity index is 726. The molecule has 0 aliphatic carbocycles. The van der Waals surface area contributed by atoms with Gasteiger partial charge < -0.3 is 4.90 Å². The van der Waals surface area contributed by atoms with Crippen LogP contribution >= 0.6 is 0 Å². The molecule has 0 saturated carbocycles. The zero-order valence-corrected chi connectivity index (χ0v) is 11.7. The lowest BCUT2D eigenvalue weighted by Gasteiger charge is -2.22. The maximum atomic E-state index is 12.3. The van der Waals surface area contributed by atoms with Crippen LogP contribution in [0.15, 0.2) is 21.9 Å². The lowest BCUT2D eigenvalue weighted by molar-refractivity contribution is 0.706. The van der Waals surface area contributed by atoms with E-state index in [0.29, 0.717) is 11.0 Å². The molecule has 0 saturated heterocycles. The summed E-state index contributed by atoms with van der Waals surface area (Å²) in [6, 6.07) is 1.82. The Morgan fingerprint density at radius 2 is 1.79 bits per heavy atom. The summed E-state index contributed by atoms with van der Waals surface area (Å²) >= 11 is 0. The number of aryl methyl sites for hydroxylation is 1. The van der Waals surface area contributed by atoms with Crippen molar-refractivity contribution in [3.05, 3.63) is 33.1 Å². The predicted molar refractivity (Wildman–Crippen MR) is 75.8 cm³/mol. The van der Waals surface area contributed by atoms with E-state index in [4.69, 9.17) is 0 Å². The molecule has 0 aliphatic heterocycles. The first-order valence-electron chi connectivity index (χ1n) is 6.32. The van der Waals surface area contributed by atoms with Crippen molar-refractivity contribution in [1.29, 1.82) is 0 Å². The van der Waals surface area contributed by atoms with Gasteiger partial charge in [0.05, 0.1) is 5.69 Å². The summed E-state index contributed by atoms with van der Waals surface area (Å²) in [7, 11) is 3.12. The highest BCUT2D eigenvalue weighted by atomic mass is 16.2. The maximum Gasteiger partial charge on any atom is 0.332 e. The molecule has 19 heavy (non-hydrogen) atoms. The van der Waals surface area contributed by atoms with Gasteiger partial charge in [-0.25, -0.2) is 9.78 Å². The second-order valence-electron chi connectivity index (χ2n) is 4.41. The zero-order chi connectivity index (χ0) is 14.2. The molecule has 2 aromatic rings. The van der Waals surface area contributed by atoms with Gasteiger partial charge in [-0.2, -0.15) is 0 Å². The Morgan fingerprint density at radius 3 is 2.37 bits per heavy atom. The molecule has 0 radical (unpaired) electrons. The maximum absolute atomic E-state index is 12.3. The highest BCUT2D eigenvalue weighted by molar-refractivity contribution is 5.88. The van der Waals surface area contributed by atoms with E-state index in [0.717, 1.165) is 23.3 Å². The first kappa shape index (κ1) is 13.3. The van der Waals surface area contributed by atoms with E-state index in [1.165, 1.54) is 11.6 Å². The standard InChI is InChI=1S/C13H18N4O2/c1-5-17(6-2)9-7-8-14-11-10(9)12(18)16(4)13(19)15(11)3/h7-8H,5-6H2,1-4H3. The summed E-state index contributed by atoms with van der Waals surface area (Å²) < 4.78 is 2.53. The number of fused-ring (bicyclic) bond motifs is 1. The summed E-state index contributed by atoms with van der Waals surface area (Å²) in [4.78, 5) is 30.5. The normalized spacial score (nSPS) is 10.9. The molecule has 2 aromatic heterocycles. The monoisotopic (exact) mass is 262 g/mol. The first-order valence-corrected chi connectivity index (χ1v) is 6.32. The highest BCUT2D eigenvalue weighted by Gasteiger charge is 2.15. The summed E-state index contributed by atoms with van der Waals surface area (Å²) in [6.07, 6.45) is 1.63. The van der Waals surface area contributed by atoms with Gasteiger partial charge in [0.1, 0.15) is 5.39 Å². The fourth-order valence-electron chi connectivity index (χ4n) is 2.30. The van der Waals surface area contributed by atoms with Crippen LogP contribution in [0.3, 0.4) is 0 Å². The van der Waals surface area contributed by atoms with E-state index in [2.05, 4.69) is 9.88 Å². The van der Waals surface area contributed by atoms with Crippen LogP contribution in [0, 0.1) is 0 Å². The molecular formula is C13H18N4O2. The van der Waals surface area contributed by atoms with E-state index in [-0.39, 0.29) is 11.2 Å². The molecule has 2 rings (SSSR count). The number of rotatable bonds is 3. The van der Waals surface area contributed by atoms with Crippen molar-refractivity contribution in [2.45, 2.75) is 13.8 Å². The van der Waals surface area contributed by atoms with Crippen molar-refractivity contribution in [2.75, 3.05) is 18.0 Å². The fourth-order valence-corrected chi connectivity index (χ4v) is 2.30. The third-order valence-electron chi connectivity index (χ3n) is 3.42. The van der Waals surface area contributed by atoms with Crippen molar-refractivity contribution in [3.8, 4) is 0 Å². The predicted octanol–water partition coefficient (Wildman–Crippen LogP) is 0.478. The van der Waals surface area contributed by atoms with Crippen LogP contribution in [0.1, 0.15) is 13.8 Å². The van der Waals surface area contributed by atoms with Gasteiger partial charge in [0.15, 0.2) is 5.65 Å². The Kier molecular flexibility index (Phi) is 3.42. The molecule has 0 bridgehead atoms. The van der Waals surface area contributed by atoms with Gasteiger partial charge >= 0.3 is 5.69 Å². The molecule has 0 unspecified atom stereocenters. The van der Waals surface area contributed by atoms with Gasteiger partial charge in [0.2, 0.25) is 0 Å². The Balaban J connectivity index is 2.97. The molecule has 0 aromatic carbocycles. The number of hydrogen-bond acceptors (Lipinski definition) is 4. The van der Waals surface area contributed by atoms with Crippen molar-refractivity contribution >= 4 is 16.7 Å². The van der Waals surface area contributed by atoms with E-state index >= 15 is 0 Å². The average molecular weight is 262 g/mol. The molecule has 0 N–H and O–H groups in total. The van der Waals surface area contributed by atoms with Crippen LogP contribution in [0.4, 0.5) is 5.69 Å². The van der Waals surface area contributed by atoms with Crippen molar-refractivity contribution < 1.29 is 0 Å². The third kappa shape index (κ3) is 1.93. The van der Waals surface area contributed by atoms with Crippen LogP contribution in [0.5, 0.6) is 0 Å². The average Bonchev–Trinajstić information content (AvgIpc) is 2.44. The third-order valence-corrected chi connectivity index (χ3v) is 3.42. The molecule has 102 valence electrons. The van der Waals surface area contributed by atoms with Crippen molar-refractivity contribution in [1.82, 2.24) is 14.1 Å². The number of anilines is 1. The SMILES string of the molecule is CCN(CC)c1ccnc2c1c(=O)n(C)c(=O)n2C. The fraction of sp³-hybridized carbons (Fsp3) is 0.462. The molecule has 2 heterocycles. The molecule has 6 heteroatoms. The molecule has 0 amide bonds. The van der Waals surface area contributed by atoms with E-state index in [9.17, 15) is 9.59 Å². The van der Waals surface area contributed by atoms with Crippen LogP contribution in [-0.4, -0.2) is 27.2 Å². The lowest BCUT2D eigenvalue weighted by Crippen LogP contribution is -2.38. The molecule has 0 aliphatic rings. The number of aromatic nitrogens is 3. The summed E-state index contributed by atoms with van der Waals surface area (Å²) in [5.74, 6) is 0. The van der Waals surface area contributed by atoms with Gasteiger partial charge in [-0.05, 0) is 19.9 Å². The smallest absolute Gasteiger partial charge is 0.332 e. The van der Waals surface area contributed by atoms with Crippen LogP contribution in [0.25, 0.3) is 11.0 Å². The van der Waals surface area contributed by atoms with Gasteiger partial charge in [-0.3, -0.25) is 13.9 Å². The van der Waals surface area contributed by atoms with Gasteiger partial charge in [-0.15, -0.1) is 0 Å². The highest BCUT2D eigenvalue weighted by Crippen LogP contribution is 2.20. The van der Waals surface area contributed by atoms with Gasteiger partial charge in [0.25, 0.3) is 5.56 Å². The Morgan fingerprint density at radius 1 is 1.16 bits per heavy atom. The number of nitrogens with zero attached hydrogens (tertiary/aromatic N) is 4. The van der Waals surface area contributed by atoms with Gasteiger partial charge in [-0.1, -0.05) is 0 Å². The largest absolute Gasteiger partial charge is 0.371 e. The lowest BCUT2D eigenvalue weighted by atomic mass is 10.2. The van der Waals surface area contributed by atoms with Crippen molar-refractivity contribution in [3.63, 3.8) is 0 Å². The molecule has 0 fully saturated rings. The summed E-state index contributed by atoms with van der Waals surface area (Å²) in [5, 5.41) is 0.496.